The molecule has 0 radical (unpaired) electrons. The highest BCUT2D eigenvalue weighted by Gasteiger charge is 2.33. The zero-order valence-electron chi connectivity index (χ0n) is 23.6. The molecule has 0 aliphatic rings. The molecule has 0 saturated carbocycles. The fourth-order valence-corrected chi connectivity index (χ4v) is 5.61. The number of hydrogen-bond donors (Lipinski definition) is 1. The van der Waals surface area contributed by atoms with Crippen molar-refractivity contribution in [3.63, 3.8) is 0 Å². The quantitative estimate of drug-likeness (QED) is 0.333. The molecule has 0 saturated heterocycles. The molecule has 0 aromatic heterocycles. The lowest BCUT2D eigenvalue weighted by molar-refractivity contribution is -0.139. The Bertz CT molecular complexity index is 1410. The van der Waals surface area contributed by atoms with E-state index in [1.807, 2.05) is 38.1 Å². The summed E-state index contributed by atoms with van der Waals surface area (Å²) in [6.07, 6.45) is 0.746. The van der Waals surface area contributed by atoms with Crippen LogP contribution >= 0.6 is 0 Å². The van der Waals surface area contributed by atoms with Crippen LogP contribution in [0.25, 0.3) is 0 Å². The number of methoxy groups -OCH3 is 2. The molecule has 0 fully saturated rings. The average Bonchev–Trinajstić information content (AvgIpc) is 2.97. The number of benzene rings is 3. The number of carbonyl (C=O) groups is 2. The predicted octanol–water partition coefficient (Wildman–Crippen LogP) is 4.15. The molecule has 3 aromatic carbocycles. The predicted molar refractivity (Wildman–Crippen MR) is 155 cm³/mol. The second-order valence-corrected chi connectivity index (χ2v) is 11.1. The standard InChI is InChI=1S/C30H37N3O6S/c1-6-18-31-30(35)23(3)32(20-24-13-11-10-12-22(24)2)29(34)21-33(25-14-8-7-9-15-25)40(36,37)26-16-17-27(38-4)28(19-26)39-5/h7-17,19,23H,6,18,20-21H2,1-5H3,(H,31,35)/t23-/m0/s1. The minimum Gasteiger partial charge on any atom is -0.493 e. The van der Waals surface area contributed by atoms with E-state index in [0.717, 1.165) is 21.9 Å². The second-order valence-electron chi connectivity index (χ2n) is 9.28. The Morgan fingerprint density at radius 2 is 1.57 bits per heavy atom. The van der Waals surface area contributed by atoms with Gasteiger partial charge in [0.15, 0.2) is 11.5 Å². The van der Waals surface area contributed by atoms with Gasteiger partial charge >= 0.3 is 0 Å². The number of aryl methyl sites for hydroxylation is 1. The molecule has 0 heterocycles. The molecule has 0 aliphatic carbocycles. The molecule has 0 bridgehead atoms. The number of hydrogen-bond acceptors (Lipinski definition) is 6. The molecule has 214 valence electrons. The van der Waals surface area contributed by atoms with E-state index in [1.54, 1.807) is 37.3 Å². The van der Waals surface area contributed by atoms with Gasteiger partial charge in [0.1, 0.15) is 12.6 Å². The lowest BCUT2D eigenvalue weighted by Gasteiger charge is -2.32. The van der Waals surface area contributed by atoms with Crippen LogP contribution in [0.2, 0.25) is 0 Å². The number of rotatable bonds is 13. The van der Waals surface area contributed by atoms with E-state index in [4.69, 9.17) is 9.47 Å². The summed E-state index contributed by atoms with van der Waals surface area (Å²) in [6, 6.07) is 19.4. The van der Waals surface area contributed by atoms with Crippen LogP contribution in [0.4, 0.5) is 5.69 Å². The van der Waals surface area contributed by atoms with Crippen LogP contribution in [-0.2, 0) is 26.2 Å². The number of para-hydroxylation sites is 1. The molecule has 2 amide bonds. The van der Waals surface area contributed by atoms with E-state index in [9.17, 15) is 18.0 Å². The van der Waals surface area contributed by atoms with Crippen LogP contribution < -0.4 is 19.1 Å². The molecule has 0 spiro atoms. The monoisotopic (exact) mass is 567 g/mol. The van der Waals surface area contributed by atoms with Gasteiger partial charge < -0.3 is 19.7 Å². The summed E-state index contributed by atoms with van der Waals surface area (Å²) in [7, 11) is -1.35. The highest BCUT2D eigenvalue weighted by Crippen LogP contribution is 2.32. The third-order valence-electron chi connectivity index (χ3n) is 6.58. The molecule has 9 nitrogen and oxygen atoms in total. The van der Waals surface area contributed by atoms with Crippen LogP contribution in [0.5, 0.6) is 11.5 Å². The van der Waals surface area contributed by atoms with E-state index in [2.05, 4.69) is 5.32 Å². The molecule has 1 N–H and O–H groups in total. The van der Waals surface area contributed by atoms with Crippen molar-refractivity contribution in [2.45, 2.75) is 44.7 Å². The molecular formula is C30H37N3O6S. The maximum atomic E-state index is 14.0. The van der Waals surface area contributed by atoms with Gasteiger partial charge in [-0.1, -0.05) is 49.4 Å². The Kier molecular flexibility index (Phi) is 10.6. The third kappa shape index (κ3) is 7.12. The molecule has 0 aliphatic heterocycles. The summed E-state index contributed by atoms with van der Waals surface area (Å²) < 4.78 is 39.6. The largest absolute Gasteiger partial charge is 0.493 e. The first-order valence-electron chi connectivity index (χ1n) is 13.1. The summed E-state index contributed by atoms with van der Waals surface area (Å²) >= 11 is 0. The highest BCUT2D eigenvalue weighted by atomic mass is 32.2. The Hall–Kier alpha value is -4.05. The van der Waals surface area contributed by atoms with Crippen molar-refractivity contribution in [3.8, 4) is 11.5 Å². The first kappa shape index (κ1) is 30.5. The summed E-state index contributed by atoms with van der Waals surface area (Å²) in [4.78, 5) is 28.3. The van der Waals surface area contributed by atoms with E-state index >= 15 is 0 Å². The molecule has 0 unspecified atom stereocenters. The van der Waals surface area contributed by atoms with E-state index in [0.29, 0.717) is 18.0 Å². The van der Waals surface area contributed by atoms with Gasteiger partial charge in [0, 0.05) is 19.2 Å². The van der Waals surface area contributed by atoms with Crippen molar-refractivity contribution in [2.75, 3.05) is 31.6 Å². The van der Waals surface area contributed by atoms with Crippen molar-refractivity contribution in [2.24, 2.45) is 0 Å². The molecule has 3 aromatic rings. The second kappa shape index (κ2) is 13.8. The van der Waals surface area contributed by atoms with Gasteiger partial charge in [-0.3, -0.25) is 13.9 Å². The fourth-order valence-electron chi connectivity index (χ4n) is 4.18. The van der Waals surface area contributed by atoms with Crippen LogP contribution in [0.15, 0.2) is 77.7 Å². The van der Waals surface area contributed by atoms with E-state index in [1.165, 1.54) is 37.3 Å². The normalized spacial score (nSPS) is 11.8. The van der Waals surface area contributed by atoms with Crippen LogP contribution in [0, 0.1) is 6.92 Å². The van der Waals surface area contributed by atoms with E-state index < -0.39 is 28.5 Å². The minimum absolute atomic E-state index is 0.0685. The summed E-state index contributed by atoms with van der Waals surface area (Å²) in [5, 5.41) is 2.84. The first-order chi connectivity index (χ1) is 19.1. The Morgan fingerprint density at radius 1 is 0.925 bits per heavy atom. The molecular weight excluding hydrogens is 530 g/mol. The smallest absolute Gasteiger partial charge is 0.264 e. The van der Waals surface area contributed by atoms with Crippen LogP contribution in [-0.4, -0.2) is 58.5 Å². The number of carbonyl (C=O) groups excluding carboxylic acids is 2. The van der Waals surface area contributed by atoms with Gasteiger partial charge in [-0.05, 0) is 55.7 Å². The summed E-state index contributed by atoms with van der Waals surface area (Å²) in [5.74, 6) is -0.210. The maximum Gasteiger partial charge on any atom is 0.264 e. The topological polar surface area (TPSA) is 105 Å². The Labute approximate surface area is 236 Å². The molecule has 3 rings (SSSR count). The van der Waals surface area contributed by atoms with Gasteiger partial charge in [-0.25, -0.2) is 8.42 Å². The first-order valence-corrected chi connectivity index (χ1v) is 14.5. The SMILES string of the molecule is CCCNC(=O)[C@H](C)N(Cc1ccccc1C)C(=O)CN(c1ccccc1)S(=O)(=O)c1ccc(OC)c(OC)c1. The highest BCUT2D eigenvalue weighted by molar-refractivity contribution is 7.92. The number of ether oxygens (including phenoxy) is 2. The maximum absolute atomic E-state index is 14.0. The van der Waals surface area contributed by atoms with Gasteiger partial charge in [-0.15, -0.1) is 0 Å². The van der Waals surface area contributed by atoms with Crippen LogP contribution in [0.3, 0.4) is 0 Å². The lowest BCUT2D eigenvalue weighted by atomic mass is 10.1. The van der Waals surface area contributed by atoms with Gasteiger partial charge in [0.25, 0.3) is 10.0 Å². The average molecular weight is 568 g/mol. The molecule has 10 heteroatoms. The summed E-state index contributed by atoms with van der Waals surface area (Å²) in [5.41, 5.74) is 2.13. The van der Waals surface area contributed by atoms with E-state index in [-0.39, 0.29) is 23.1 Å². The van der Waals surface area contributed by atoms with Crippen molar-refractivity contribution in [1.29, 1.82) is 0 Å². The molecule has 1 atom stereocenters. The van der Waals surface area contributed by atoms with Gasteiger partial charge in [-0.2, -0.15) is 0 Å². The Balaban J connectivity index is 2.04. The number of sulfonamides is 1. The molecule has 40 heavy (non-hydrogen) atoms. The van der Waals surface area contributed by atoms with Crippen molar-refractivity contribution >= 4 is 27.5 Å². The van der Waals surface area contributed by atoms with Gasteiger partial charge in [0.05, 0.1) is 24.8 Å². The number of nitrogens with zero attached hydrogens (tertiary/aromatic N) is 2. The Morgan fingerprint density at radius 3 is 2.20 bits per heavy atom. The van der Waals surface area contributed by atoms with Crippen LogP contribution in [0.1, 0.15) is 31.4 Å². The summed E-state index contributed by atoms with van der Waals surface area (Å²) in [6.45, 7) is 5.62. The number of anilines is 1. The fraction of sp³-hybridized carbons (Fsp3) is 0.333. The zero-order valence-corrected chi connectivity index (χ0v) is 24.4. The van der Waals surface area contributed by atoms with Crippen molar-refractivity contribution in [3.05, 3.63) is 83.9 Å². The van der Waals surface area contributed by atoms with Gasteiger partial charge in [0.2, 0.25) is 11.8 Å². The lowest BCUT2D eigenvalue weighted by Crippen LogP contribution is -2.51. The number of amides is 2. The minimum atomic E-state index is -4.23. The number of nitrogens with one attached hydrogen (secondary N) is 1. The third-order valence-corrected chi connectivity index (χ3v) is 8.35. The zero-order chi connectivity index (χ0) is 29.3. The van der Waals surface area contributed by atoms with Crippen molar-refractivity contribution in [1.82, 2.24) is 10.2 Å². The van der Waals surface area contributed by atoms with Crippen molar-refractivity contribution < 1.29 is 27.5 Å².